The van der Waals surface area contributed by atoms with Gasteiger partial charge in [-0.15, -0.1) is 0 Å². The number of rotatable bonds is 3. The first-order chi connectivity index (χ1) is 8.70. The van der Waals surface area contributed by atoms with Crippen molar-refractivity contribution < 1.29 is 4.79 Å². The summed E-state index contributed by atoms with van der Waals surface area (Å²) in [6.45, 7) is 3.91. The number of pyridine rings is 1. The average molecular weight is 267 g/mol. The van der Waals surface area contributed by atoms with Gasteiger partial charge in [0.2, 0.25) is 0 Å². The Morgan fingerprint density at radius 2 is 2.17 bits per heavy atom. The smallest absolute Gasteiger partial charge is 0.272 e. The topological polar surface area (TPSA) is 33.2 Å². The van der Waals surface area contributed by atoms with Gasteiger partial charge in [-0.2, -0.15) is 0 Å². The molecule has 0 atom stereocenters. The van der Waals surface area contributed by atoms with Crippen LogP contribution in [0, 0.1) is 5.92 Å². The lowest BCUT2D eigenvalue weighted by Crippen LogP contribution is -2.38. The van der Waals surface area contributed by atoms with Crippen molar-refractivity contribution in [2.24, 2.45) is 5.92 Å². The SMILES string of the molecule is CCCC1CCN(C(=O)c2cccc(Cl)n2)CC1. The van der Waals surface area contributed by atoms with Crippen LogP contribution in [0.4, 0.5) is 0 Å². The Balaban J connectivity index is 1.95. The number of piperidine rings is 1. The maximum Gasteiger partial charge on any atom is 0.272 e. The summed E-state index contributed by atoms with van der Waals surface area (Å²) in [4.78, 5) is 18.2. The van der Waals surface area contributed by atoms with E-state index in [1.807, 2.05) is 4.90 Å². The number of hydrogen-bond donors (Lipinski definition) is 0. The van der Waals surface area contributed by atoms with Crippen LogP contribution in [-0.2, 0) is 0 Å². The van der Waals surface area contributed by atoms with Crippen molar-refractivity contribution >= 4 is 17.5 Å². The van der Waals surface area contributed by atoms with Crippen molar-refractivity contribution in [2.75, 3.05) is 13.1 Å². The monoisotopic (exact) mass is 266 g/mol. The van der Waals surface area contributed by atoms with E-state index >= 15 is 0 Å². The Kier molecular flexibility index (Phi) is 4.59. The molecule has 0 N–H and O–H groups in total. The van der Waals surface area contributed by atoms with Gasteiger partial charge in [0, 0.05) is 13.1 Å². The third-order valence-corrected chi connectivity index (χ3v) is 3.74. The summed E-state index contributed by atoms with van der Waals surface area (Å²) in [5, 5.41) is 0.377. The molecule has 98 valence electrons. The Morgan fingerprint density at radius 3 is 2.78 bits per heavy atom. The summed E-state index contributed by atoms with van der Waals surface area (Å²) in [7, 11) is 0. The van der Waals surface area contributed by atoms with E-state index < -0.39 is 0 Å². The standard InChI is InChI=1S/C14H19ClN2O/c1-2-4-11-7-9-17(10-8-11)14(18)12-5-3-6-13(15)16-12/h3,5-6,11H,2,4,7-10H2,1H3. The number of carbonyl (C=O) groups is 1. The van der Waals surface area contributed by atoms with E-state index in [1.54, 1.807) is 18.2 Å². The minimum atomic E-state index is 0.00690. The molecular formula is C14H19ClN2O. The summed E-state index contributed by atoms with van der Waals surface area (Å²) in [6.07, 6.45) is 4.73. The van der Waals surface area contributed by atoms with Crippen LogP contribution in [0.2, 0.25) is 5.15 Å². The number of carbonyl (C=O) groups excluding carboxylic acids is 1. The van der Waals surface area contributed by atoms with E-state index in [0.717, 1.165) is 31.8 Å². The first-order valence-electron chi connectivity index (χ1n) is 6.62. The molecule has 0 spiro atoms. The average Bonchev–Trinajstić information content (AvgIpc) is 2.39. The highest BCUT2D eigenvalue weighted by molar-refractivity contribution is 6.29. The molecule has 0 saturated carbocycles. The largest absolute Gasteiger partial charge is 0.337 e. The third-order valence-electron chi connectivity index (χ3n) is 3.53. The van der Waals surface area contributed by atoms with Crippen molar-refractivity contribution in [1.82, 2.24) is 9.88 Å². The number of aromatic nitrogens is 1. The molecule has 0 aliphatic carbocycles. The first-order valence-corrected chi connectivity index (χ1v) is 7.00. The Morgan fingerprint density at radius 1 is 1.44 bits per heavy atom. The highest BCUT2D eigenvalue weighted by atomic mass is 35.5. The molecule has 2 heterocycles. The van der Waals surface area contributed by atoms with Crippen molar-refractivity contribution in [1.29, 1.82) is 0 Å². The molecule has 1 aromatic rings. The van der Waals surface area contributed by atoms with Crippen LogP contribution < -0.4 is 0 Å². The first kappa shape index (κ1) is 13.3. The number of hydrogen-bond acceptors (Lipinski definition) is 2. The molecule has 0 radical (unpaired) electrons. The molecular weight excluding hydrogens is 248 g/mol. The van der Waals surface area contributed by atoms with Gasteiger partial charge in [0.15, 0.2) is 0 Å². The van der Waals surface area contributed by atoms with Gasteiger partial charge in [-0.3, -0.25) is 4.79 Å². The second-order valence-corrected chi connectivity index (χ2v) is 5.26. The van der Waals surface area contributed by atoms with Crippen LogP contribution in [0.1, 0.15) is 43.1 Å². The zero-order valence-electron chi connectivity index (χ0n) is 10.7. The highest BCUT2D eigenvalue weighted by Gasteiger charge is 2.23. The van der Waals surface area contributed by atoms with Crippen LogP contribution in [0.25, 0.3) is 0 Å². The maximum absolute atomic E-state index is 12.2. The van der Waals surface area contributed by atoms with Crippen LogP contribution in [-0.4, -0.2) is 28.9 Å². The van der Waals surface area contributed by atoms with E-state index in [9.17, 15) is 4.79 Å². The highest BCUT2D eigenvalue weighted by Crippen LogP contribution is 2.22. The van der Waals surface area contributed by atoms with Crippen LogP contribution in [0.3, 0.4) is 0 Å². The summed E-state index contributed by atoms with van der Waals surface area (Å²) in [6, 6.07) is 5.19. The van der Waals surface area contributed by atoms with Gasteiger partial charge < -0.3 is 4.90 Å². The normalized spacial score (nSPS) is 16.9. The molecule has 18 heavy (non-hydrogen) atoms. The van der Waals surface area contributed by atoms with E-state index in [1.165, 1.54) is 12.8 Å². The predicted octanol–water partition coefficient (Wildman–Crippen LogP) is 3.39. The second-order valence-electron chi connectivity index (χ2n) is 4.87. The fourth-order valence-electron chi connectivity index (χ4n) is 2.52. The maximum atomic E-state index is 12.2. The minimum Gasteiger partial charge on any atom is -0.337 e. The number of amides is 1. The van der Waals surface area contributed by atoms with Gasteiger partial charge in [-0.1, -0.05) is 37.4 Å². The Hall–Kier alpha value is -1.09. The fourth-order valence-corrected chi connectivity index (χ4v) is 2.69. The van der Waals surface area contributed by atoms with E-state index in [4.69, 9.17) is 11.6 Å². The lowest BCUT2D eigenvalue weighted by molar-refractivity contribution is 0.0680. The van der Waals surface area contributed by atoms with Gasteiger partial charge in [-0.05, 0) is 30.9 Å². The fraction of sp³-hybridized carbons (Fsp3) is 0.571. The van der Waals surface area contributed by atoms with Crippen LogP contribution in [0.15, 0.2) is 18.2 Å². The summed E-state index contributed by atoms with van der Waals surface area (Å²) in [5.41, 5.74) is 0.455. The molecule has 2 rings (SSSR count). The van der Waals surface area contributed by atoms with Crippen molar-refractivity contribution in [3.8, 4) is 0 Å². The molecule has 0 unspecified atom stereocenters. The second kappa shape index (κ2) is 6.19. The summed E-state index contributed by atoms with van der Waals surface area (Å²) in [5.74, 6) is 0.791. The molecule has 1 saturated heterocycles. The van der Waals surface area contributed by atoms with Gasteiger partial charge in [0.25, 0.3) is 5.91 Å². The van der Waals surface area contributed by atoms with Gasteiger partial charge >= 0.3 is 0 Å². The Labute approximate surface area is 113 Å². The molecule has 1 aliphatic heterocycles. The molecule has 1 amide bonds. The molecule has 3 nitrogen and oxygen atoms in total. The molecule has 0 bridgehead atoms. The van der Waals surface area contributed by atoms with Crippen molar-refractivity contribution in [3.05, 3.63) is 29.0 Å². The van der Waals surface area contributed by atoms with Crippen molar-refractivity contribution in [3.63, 3.8) is 0 Å². The zero-order valence-corrected chi connectivity index (χ0v) is 11.5. The molecule has 4 heteroatoms. The Bertz CT molecular complexity index is 414. The van der Waals surface area contributed by atoms with Crippen LogP contribution >= 0.6 is 11.6 Å². The lowest BCUT2D eigenvalue weighted by atomic mass is 9.92. The van der Waals surface area contributed by atoms with E-state index in [-0.39, 0.29) is 5.91 Å². The minimum absolute atomic E-state index is 0.00690. The molecule has 1 fully saturated rings. The van der Waals surface area contributed by atoms with Crippen molar-refractivity contribution in [2.45, 2.75) is 32.6 Å². The van der Waals surface area contributed by atoms with Crippen LogP contribution in [0.5, 0.6) is 0 Å². The third kappa shape index (κ3) is 3.22. The molecule has 1 aliphatic rings. The van der Waals surface area contributed by atoms with E-state index in [2.05, 4.69) is 11.9 Å². The number of halogens is 1. The quantitative estimate of drug-likeness (QED) is 0.786. The summed E-state index contributed by atoms with van der Waals surface area (Å²) < 4.78 is 0. The lowest BCUT2D eigenvalue weighted by Gasteiger charge is -2.31. The summed E-state index contributed by atoms with van der Waals surface area (Å²) >= 11 is 5.81. The van der Waals surface area contributed by atoms with E-state index in [0.29, 0.717) is 10.8 Å². The predicted molar refractivity (Wildman–Crippen MR) is 72.8 cm³/mol. The molecule has 0 aromatic carbocycles. The van der Waals surface area contributed by atoms with Gasteiger partial charge in [0.1, 0.15) is 10.8 Å². The molecule has 1 aromatic heterocycles. The zero-order chi connectivity index (χ0) is 13.0. The van der Waals surface area contributed by atoms with Gasteiger partial charge in [-0.25, -0.2) is 4.98 Å². The van der Waals surface area contributed by atoms with Gasteiger partial charge in [0.05, 0.1) is 0 Å². The number of nitrogens with zero attached hydrogens (tertiary/aromatic N) is 2. The number of likely N-dealkylation sites (tertiary alicyclic amines) is 1.